The summed E-state index contributed by atoms with van der Waals surface area (Å²) in [5.74, 6) is 0.895. The highest BCUT2D eigenvalue weighted by Crippen LogP contribution is 2.48. The molecule has 2 N–H and O–H groups in total. The van der Waals surface area contributed by atoms with Crippen LogP contribution in [0.3, 0.4) is 0 Å². The van der Waals surface area contributed by atoms with Crippen molar-refractivity contribution in [2.75, 3.05) is 6.54 Å². The largest absolute Gasteiger partial charge is 0.330 e. The fraction of sp³-hybridized carbons (Fsp3) is 1.00. The molecule has 0 saturated heterocycles. The van der Waals surface area contributed by atoms with Gasteiger partial charge in [0.15, 0.2) is 0 Å². The van der Waals surface area contributed by atoms with E-state index in [0.29, 0.717) is 16.2 Å². The molecule has 0 amide bonds. The van der Waals surface area contributed by atoms with Gasteiger partial charge in [-0.05, 0) is 67.2 Å². The molecule has 0 aromatic rings. The normalized spacial score (nSPS) is 30.5. The predicted octanol–water partition coefficient (Wildman–Crippen LogP) is 4.99. The van der Waals surface area contributed by atoms with E-state index in [1.165, 1.54) is 38.5 Å². The van der Waals surface area contributed by atoms with Crippen molar-refractivity contribution in [1.29, 1.82) is 0 Å². The second kappa shape index (κ2) is 5.53. The maximum Gasteiger partial charge on any atom is -0.00205 e. The lowest BCUT2D eigenvalue weighted by Crippen LogP contribution is -2.38. The van der Waals surface area contributed by atoms with E-state index in [-0.39, 0.29) is 0 Å². The molecular formula is C17H35N. The molecule has 0 bridgehead atoms. The summed E-state index contributed by atoms with van der Waals surface area (Å²) >= 11 is 0. The number of rotatable bonds is 3. The van der Waals surface area contributed by atoms with Crippen molar-refractivity contribution in [3.8, 4) is 0 Å². The van der Waals surface area contributed by atoms with Gasteiger partial charge in [0.1, 0.15) is 0 Å². The van der Waals surface area contributed by atoms with Gasteiger partial charge in [-0.25, -0.2) is 0 Å². The molecule has 0 aromatic heterocycles. The standard InChI is InChI=1S/C17H35N/c1-15(2,3)11-12-17(13-18)9-7-14(8-10-17)16(4,5)6/h14H,7-13,18H2,1-6H3. The van der Waals surface area contributed by atoms with E-state index in [1.807, 2.05) is 0 Å². The van der Waals surface area contributed by atoms with Crippen LogP contribution in [0.15, 0.2) is 0 Å². The van der Waals surface area contributed by atoms with Gasteiger partial charge in [-0.3, -0.25) is 0 Å². The molecule has 1 nitrogen and oxygen atoms in total. The van der Waals surface area contributed by atoms with Crippen LogP contribution in [0.2, 0.25) is 0 Å². The van der Waals surface area contributed by atoms with Crippen LogP contribution in [0, 0.1) is 22.2 Å². The smallest absolute Gasteiger partial charge is 0.00205 e. The second-order valence-electron chi connectivity index (χ2n) is 8.91. The van der Waals surface area contributed by atoms with Gasteiger partial charge in [-0.15, -0.1) is 0 Å². The van der Waals surface area contributed by atoms with Crippen molar-refractivity contribution in [1.82, 2.24) is 0 Å². The van der Waals surface area contributed by atoms with E-state index in [2.05, 4.69) is 41.5 Å². The van der Waals surface area contributed by atoms with E-state index < -0.39 is 0 Å². The molecule has 0 spiro atoms. The van der Waals surface area contributed by atoms with Crippen LogP contribution in [-0.2, 0) is 0 Å². The lowest BCUT2D eigenvalue weighted by molar-refractivity contribution is 0.0768. The number of nitrogens with two attached hydrogens (primary N) is 1. The molecule has 0 atom stereocenters. The Balaban J connectivity index is 2.55. The minimum absolute atomic E-state index is 0.447. The van der Waals surface area contributed by atoms with Gasteiger partial charge in [0.2, 0.25) is 0 Å². The fourth-order valence-electron chi connectivity index (χ4n) is 3.29. The first-order chi connectivity index (χ1) is 8.08. The van der Waals surface area contributed by atoms with Crippen molar-refractivity contribution in [2.24, 2.45) is 27.9 Å². The van der Waals surface area contributed by atoms with Gasteiger partial charge in [0.05, 0.1) is 0 Å². The van der Waals surface area contributed by atoms with Crippen molar-refractivity contribution in [3.05, 3.63) is 0 Å². The van der Waals surface area contributed by atoms with Crippen molar-refractivity contribution >= 4 is 0 Å². The molecule has 108 valence electrons. The van der Waals surface area contributed by atoms with Crippen LogP contribution in [-0.4, -0.2) is 6.54 Å². The van der Waals surface area contributed by atoms with Crippen molar-refractivity contribution < 1.29 is 0 Å². The van der Waals surface area contributed by atoms with Crippen LogP contribution < -0.4 is 5.73 Å². The quantitative estimate of drug-likeness (QED) is 0.753. The SMILES string of the molecule is CC(C)(C)CCC1(CN)CCC(C(C)(C)C)CC1. The van der Waals surface area contributed by atoms with Crippen LogP contribution in [0.25, 0.3) is 0 Å². The molecule has 0 aliphatic heterocycles. The fourth-order valence-corrected chi connectivity index (χ4v) is 3.29. The third-order valence-electron chi connectivity index (χ3n) is 5.11. The Morgan fingerprint density at radius 2 is 1.50 bits per heavy atom. The Kier molecular flexibility index (Phi) is 4.92. The highest BCUT2D eigenvalue weighted by molar-refractivity contribution is 4.90. The van der Waals surface area contributed by atoms with Crippen molar-refractivity contribution in [2.45, 2.75) is 80.1 Å². The Bertz CT molecular complexity index is 246. The minimum atomic E-state index is 0.447. The topological polar surface area (TPSA) is 26.0 Å². The molecule has 0 radical (unpaired) electrons. The Labute approximate surface area is 115 Å². The average Bonchev–Trinajstić information content (AvgIpc) is 2.25. The van der Waals surface area contributed by atoms with E-state index in [1.54, 1.807) is 0 Å². The Hall–Kier alpha value is -0.0400. The molecule has 1 saturated carbocycles. The zero-order valence-corrected chi connectivity index (χ0v) is 13.6. The van der Waals surface area contributed by atoms with Gasteiger partial charge in [-0.1, -0.05) is 41.5 Å². The molecule has 1 heteroatoms. The second-order valence-corrected chi connectivity index (χ2v) is 8.91. The third-order valence-corrected chi connectivity index (χ3v) is 5.11. The highest BCUT2D eigenvalue weighted by atomic mass is 14.6. The Morgan fingerprint density at radius 3 is 1.83 bits per heavy atom. The summed E-state index contributed by atoms with van der Waals surface area (Å²) in [4.78, 5) is 0. The van der Waals surface area contributed by atoms with Gasteiger partial charge < -0.3 is 5.73 Å². The molecular weight excluding hydrogens is 218 g/mol. The zero-order chi connectivity index (χ0) is 14.0. The summed E-state index contributed by atoms with van der Waals surface area (Å²) in [6.07, 6.45) is 8.09. The molecule has 1 aliphatic carbocycles. The van der Waals surface area contributed by atoms with E-state index in [9.17, 15) is 0 Å². The molecule has 0 aromatic carbocycles. The number of hydrogen-bond acceptors (Lipinski definition) is 1. The van der Waals surface area contributed by atoms with Crippen LogP contribution >= 0.6 is 0 Å². The lowest BCUT2D eigenvalue weighted by Gasteiger charge is -2.44. The summed E-state index contributed by atoms with van der Waals surface area (Å²) in [5.41, 5.74) is 7.50. The Morgan fingerprint density at radius 1 is 1.00 bits per heavy atom. The predicted molar refractivity (Wildman–Crippen MR) is 81.6 cm³/mol. The summed E-state index contributed by atoms with van der Waals surface area (Å²) in [5, 5.41) is 0. The summed E-state index contributed by atoms with van der Waals surface area (Å²) < 4.78 is 0. The van der Waals surface area contributed by atoms with Crippen LogP contribution in [0.1, 0.15) is 80.1 Å². The highest BCUT2D eigenvalue weighted by Gasteiger charge is 2.38. The maximum atomic E-state index is 6.12. The van der Waals surface area contributed by atoms with Gasteiger partial charge in [0, 0.05) is 0 Å². The van der Waals surface area contributed by atoms with Crippen LogP contribution in [0.4, 0.5) is 0 Å². The van der Waals surface area contributed by atoms with E-state index in [4.69, 9.17) is 5.73 Å². The maximum absolute atomic E-state index is 6.12. The first-order valence-electron chi connectivity index (χ1n) is 7.78. The zero-order valence-electron chi connectivity index (χ0n) is 13.6. The van der Waals surface area contributed by atoms with Gasteiger partial charge >= 0.3 is 0 Å². The monoisotopic (exact) mass is 253 g/mol. The molecule has 0 unspecified atom stereocenters. The molecule has 1 fully saturated rings. The van der Waals surface area contributed by atoms with E-state index in [0.717, 1.165) is 12.5 Å². The van der Waals surface area contributed by atoms with Gasteiger partial charge in [0.25, 0.3) is 0 Å². The lowest BCUT2D eigenvalue weighted by atomic mass is 9.62. The van der Waals surface area contributed by atoms with Crippen molar-refractivity contribution in [3.63, 3.8) is 0 Å². The minimum Gasteiger partial charge on any atom is -0.330 e. The van der Waals surface area contributed by atoms with Crippen LogP contribution in [0.5, 0.6) is 0 Å². The number of hydrogen-bond donors (Lipinski definition) is 1. The summed E-state index contributed by atoms with van der Waals surface area (Å²) in [6, 6.07) is 0. The van der Waals surface area contributed by atoms with Gasteiger partial charge in [-0.2, -0.15) is 0 Å². The summed E-state index contributed by atoms with van der Waals surface area (Å²) in [6.45, 7) is 15.1. The van der Waals surface area contributed by atoms with E-state index >= 15 is 0 Å². The molecule has 18 heavy (non-hydrogen) atoms. The first kappa shape index (κ1) is 16.0. The summed E-state index contributed by atoms with van der Waals surface area (Å²) in [7, 11) is 0. The molecule has 1 rings (SSSR count). The average molecular weight is 253 g/mol. The molecule has 0 heterocycles. The molecule has 1 aliphatic rings. The first-order valence-corrected chi connectivity index (χ1v) is 7.78. The third kappa shape index (κ3) is 4.57.